The fourth-order valence-corrected chi connectivity index (χ4v) is 3.23. The van der Waals surface area contributed by atoms with Crippen molar-refractivity contribution in [3.05, 3.63) is 78.1 Å². The smallest absolute Gasteiger partial charge is 0.220 e. The van der Waals surface area contributed by atoms with Gasteiger partial charge in [0.1, 0.15) is 5.82 Å². The number of rotatable bonds is 9. The van der Waals surface area contributed by atoms with Crippen LogP contribution in [0.2, 0.25) is 0 Å². The van der Waals surface area contributed by atoms with E-state index >= 15 is 0 Å². The fourth-order valence-electron chi connectivity index (χ4n) is 3.23. The minimum absolute atomic E-state index is 0.106. The quantitative estimate of drug-likeness (QED) is 0.456. The molecule has 140 valence electrons. The molecule has 27 heavy (non-hydrogen) atoms. The number of nitrogens with one attached hydrogen (secondary N) is 1. The van der Waals surface area contributed by atoms with Crippen LogP contribution in [0.4, 0.5) is 0 Å². The average Bonchev–Trinajstić information content (AvgIpc) is 3.01. The van der Waals surface area contributed by atoms with Gasteiger partial charge in [0.2, 0.25) is 5.91 Å². The number of fused-ring (bicyclic) bond motifs is 1. The predicted molar refractivity (Wildman–Crippen MR) is 111 cm³/mol. The number of imidazole rings is 1. The van der Waals surface area contributed by atoms with Crippen molar-refractivity contribution in [1.82, 2.24) is 14.9 Å². The second-order valence-electron chi connectivity index (χ2n) is 7.00. The van der Waals surface area contributed by atoms with E-state index in [-0.39, 0.29) is 5.91 Å². The molecule has 0 saturated heterocycles. The summed E-state index contributed by atoms with van der Waals surface area (Å²) < 4.78 is 2.23. The molecule has 0 aliphatic rings. The monoisotopic (exact) mass is 361 g/mol. The maximum absolute atomic E-state index is 12.0. The lowest BCUT2D eigenvalue weighted by molar-refractivity contribution is -0.121. The summed E-state index contributed by atoms with van der Waals surface area (Å²) in [5, 5.41) is 3.02. The van der Waals surface area contributed by atoms with E-state index in [1.807, 2.05) is 43.3 Å². The van der Waals surface area contributed by atoms with E-state index in [1.165, 1.54) is 5.56 Å². The Labute approximate surface area is 160 Å². The summed E-state index contributed by atoms with van der Waals surface area (Å²) >= 11 is 0. The number of allylic oxidation sites excluding steroid dienone is 1. The standard InChI is InChI=1S/C23H27N3O/c1-18(2)17-26-21-12-7-6-11-20(21)25-22(26)13-8-16-24-23(27)15-14-19-9-4-3-5-10-19/h3-7,9-12H,1,8,13-17H2,2H3,(H,24,27). The molecule has 2 aromatic carbocycles. The first-order valence-electron chi connectivity index (χ1n) is 9.52. The number of amides is 1. The fraction of sp³-hybridized carbons (Fsp3) is 0.304. The average molecular weight is 361 g/mol. The number of hydrogen-bond donors (Lipinski definition) is 1. The second-order valence-corrected chi connectivity index (χ2v) is 7.00. The number of aryl methyl sites for hydroxylation is 2. The van der Waals surface area contributed by atoms with Crippen molar-refractivity contribution >= 4 is 16.9 Å². The molecule has 0 aliphatic heterocycles. The molecule has 1 amide bonds. The lowest BCUT2D eigenvalue weighted by Gasteiger charge is -2.09. The van der Waals surface area contributed by atoms with Crippen LogP contribution in [0.5, 0.6) is 0 Å². The third-order valence-electron chi connectivity index (χ3n) is 4.54. The minimum Gasteiger partial charge on any atom is -0.356 e. The van der Waals surface area contributed by atoms with Crippen molar-refractivity contribution in [2.24, 2.45) is 0 Å². The second kappa shape index (κ2) is 9.17. The molecule has 0 spiro atoms. The third-order valence-corrected chi connectivity index (χ3v) is 4.54. The maximum Gasteiger partial charge on any atom is 0.220 e. The van der Waals surface area contributed by atoms with Crippen molar-refractivity contribution in [2.45, 2.75) is 39.2 Å². The molecule has 0 saturated carbocycles. The molecular formula is C23H27N3O. The largest absolute Gasteiger partial charge is 0.356 e. The first kappa shape index (κ1) is 18.9. The van der Waals surface area contributed by atoms with Crippen LogP contribution >= 0.6 is 0 Å². The van der Waals surface area contributed by atoms with Gasteiger partial charge < -0.3 is 9.88 Å². The van der Waals surface area contributed by atoms with Crippen LogP contribution in [0.1, 0.15) is 31.2 Å². The molecule has 1 heterocycles. The molecule has 1 aromatic heterocycles. The topological polar surface area (TPSA) is 46.9 Å². The number of hydrogen-bond acceptors (Lipinski definition) is 2. The van der Waals surface area contributed by atoms with Gasteiger partial charge in [-0.3, -0.25) is 4.79 Å². The van der Waals surface area contributed by atoms with Crippen LogP contribution in [-0.4, -0.2) is 22.0 Å². The molecule has 0 aliphatic carbocycles. The summed E-state index contributed by atoms with van der Waals surface area (Å²) in [6.07, 6.45) is 3.01. The molecule has 0 bridgehead atoms. The van der Waals surface area contributed by atoms with Gasteiger partial charge in [0.05, 0.1) is 11.0 Å². The Morgan fingerprint density at radius 1 is 1.07 bits per heavy atom. The molecule has 4 heteroatoms. The van der Waals surface area contributed by atoms with Gasteiger partial charge in [-0.15, -0.1) is 0 Å². The first-order chi connectivity index (χ1) is 13.1. The van der Waals surface area contributed by atoms with Crippen molar-refractivity contribution in [2.75, 3.05) is 6.54 Å². The Hall–Kier alpha value is -2.88. The van der Waals surface area contributed by atoms with E-state index in [0.29, 0.717) is 13.0 Å². The van der Waals surface area contributed by atoms with Crippen LogP contribution in [0.3, 0.4) is 0 Å². The zero-order chi connectivity index (χ0) is 19.1. The van der Waals surface area contributed by atoms with E-state index in [2.05, 4.69) is 34.7 Å². The molecule has 1 N–H and O–H groups in total. The lowest BCUT2D eigenvalue weighted by Crippen LogP contribution is -2.25. The first-order valence-corrected chi connectivity index (χ1v) is 9.52. The zero-order valence-corrected chi connectivity index (χ0v) is 15.9. The van der Waals surface area contributed by atoms with Gasteiger partial charge in [0.25, 0.3) is 0 Å². The SMILES string of the molecule is C=C(C)Cn1c(CCCNC(=O)CCc2ccccc2)nc2ccccc21. The van der Waals surface area contributed by atoms with Gasteiger partial charge in [-0.05, 0) is 37.5 Å². The Morgan fingerprint density at radius 2 is 1.81 bits per heavy atom. The summed E-state index contributed by atoms with van der Waals surface area (Å²) in [4.78, 5) is 16.8. The highest BCUT2D eigenvalue weighted by molar-refractivity contribution is 5.76. The molecule has 0 unspecified atom stereocenters. The van der Waals surface area contributed by atoms with Crippen LogP contribution in [0.15, 0.2) is 66.7 Å². The zero-order valence-electron chi connectivity index (χ0n) is 15.9. The van der Waals surface area contributed by atoms with E-state index < -0.39 is 0 Å². The van der Waals surface area contributed by atoms with Crippen molar-refractivity contribution in [3.63, 3.8) is 0 Å². The van der Waals surface area contributed by atoms with Gasteiger partial charge in [0, 0.05) is 25.9 Å². The lowest BCUT2D eigenvalue weighted by atomic mass is 10.1. The van der Waals surface area contributed by atoms with E-state index in [4.69, 9.17) is 4.98 Å². The number of nitrogens with zero attached hydrogens (tertiary/aromatic N) is 2. The van der Waals surface area contributed by atoms with Gasteiger partial charge in [-0.2, -0.15) is 0 Å². The highest BCUT2D eigenvalue weighted by atomic mass is 16.1. The Kier molecular flexibility index (Phi) is 6.42. The van der Waals surface area contributed by atoms with Gasteiger partial charge in [0.15, 0.2) is 0 Å². The molecule has 0 fully saturated rings. The van der Waals surface area contributed by atoms with Gasteiger partial charge in [-0.1, -0.05) is 54.6 Å². The number of para-hydroxylation sites is 2. The van der Waals surface area contributed by atoms with Gasteiger partial charge in [-0.25, -0.2) is 4.98 Å². The molecule has 0 atom stereocenters. The van der Waals surface area contributed by atoms with Crippen LogP contribution in [0, 0.1) is 0 Å². The normalized spacial score (nSPS) is 10.9. The van der Waals surface area contributed by atoms with E-state index in [1.54, 1.807) is 0 Å². The van der Waals surface area contributed by atoms with E-state index in [9.17, 15) is 4.79 Å². The Bertz CT molecular complexity index is 912. The molecule has 3 aromatic rings. The van der Waals surface area contributed by atoms with Crippen molar-refractivity contribution in [1.29, 1.82) is 0 Å². The molecule has 0 radical (unpaired) electrons. The van der Waals surface area contributed by atoms with Gasteiger partial charge >= 0.3 is 0 Å². The highest BCUT2D eigenvalue weighted by Crippen LogP contribution is 2.18. The van der Waals surface area contributed by atoms with E-state index in [0.717, 1.165) is 48.2 Å². The molecular weight excluding hydrogens is 334 g/mol. The molecule has 3 rings (SSSR count). The van der Waals surface area contributed by atoms with Crippen LogP contribution in [0.25, 0.3) is 11.0 Å². The summed E-state index contributed by atoms with van der Waals surface area (Å²) in [5.41, 5.74) is 4.46. The van der Waals surface area contributed by atoms with Crippen LogP contribution < -0.4 is 5.32 Å². The summed E-state index contributed by atoms with van der Waals surface area (Å²) in [7, 11) is 0. The highest BCUT2D eigenvalue weighted by Gasteiger charge is 2.10. The Morgan fingerprint density at radius 3 is 2.59 bits per heavy atom. The third kappa shape index (κ3) is 5.30. The summed E-state index contributed by atoms with van der Waals surface area (Å²) in [5.74, 6) is 1.16. The summed E-state index contributed by atoms with van der Waals surface area (Å²) in [6.45, 7) is 7.52. The summed E-state index contributed by atoms with van der Waals surface area (Å²) in [6, 6.07) is 18.3. The van der Waals surface area contributed by atoms with Crippen LogP contribution in [-0.2, 0) is 24.2 Å². The van der Waals surface area contributed by atoms with Crippen molar-refractivity contribution in [3.8, 4) is 0 Å². The Balaban J connectivity index is 1.50. The number of carbonyl (C=O) groups is 1. The maximum atomic E-state index is 12.0. The molecule has 4 nitrogen and oxygen atoms in total. The van der Waals surface area contributed by atoms with Crippen molar-refractivity contribution < 1.29 is 4.79 Å². The number of carbonyl (C=O) groups excluding carboxylic acids is 1. The predicted octanol–water partition coefficient (Wildman–Crippen LogP) is 4.29. The number of benzene rings is 2. The minimum atomic E-state index is 0.106. The number of aromatic nitrogens is 2.